The number of fused-ring (bicyclic) bond motifs is 2. The Labute approximate surface area is 120 Å². The smallest absolute Gasteiger partial charge is 0.0458 e. The van der Waals surface area contributed by atoms with E-state index in [9.17, 15) is 0 Å². The van der Waals surface area contributed by atoms with E-state index >= 15 is 0 Å². The van der Waals surface area contributed by atoms with Gasteiger partial charge < -0.3 is 4.98 Å². The van der Waals surface area contributed by atoms with E-state index in [-0.39, 0.29) is 0 Å². The fraction of sp³-hybridized carbons (Fsp3) is 0.0588. The average molecular weight is 310 g/mol. The van der Waals surface area contributed by atoms with Crippen LogP contribution in [0.1, 0.15) is 16.8 Å². The van der Waals surface area contributed by atoms with Gasteiger partial charge in [-0.25, -0.2) is 0 Å². The number of rotatable bonds is 1. The molecule has 1 aliphatic rings. The van der Waals surface area contributed by atoms with Crippen molar-refractivity contribution in [1.29, 1.82) is 0 Å². The Balaban J connectivity index is 1.79. The van der Waals surface area contributed by atoms with Crippen molar-refractivity contribution in [3.63, 3.8) is 0 Å². The molecule has 2 heteroatoms. The van der Waals surface area contributed by atoms with Gasteiger partial charge in [-0.1, -0.05) is 40.2 Å². The predicted molar refractivity (Wildman–Crippen MR) is 84.0 cm³/mol. The van der Waals surface area contributed by atoms with Gasteiger partial charge in [0.25, 0.3) is 0 Å². The van der Waals surface area contributed by atoms with Gasteiger partial charge in [-0.2, -0.15) is 0 Å². The van der Waals surface area contributed by atoms with Crippen LogP contribution >= 0.6 is 15.9 Å². The molecule has 1 nitrogen and oxygen atoms in total. The summed E-state index contributed by atoms with van der Waals surface area (Å²) in [7, 11) is 0. The lowest BCUT2D eigenvalue weighted by Gasteiger charge is -1.99. The van der Waals surface area contributed by atoms with Crippen LogP contribution in [-0.2, 0) is 6.42 Å². The summed E-state index contributed by atoms with van der Waals surface area (Å²) < 4.78 is 1.15. The second kappa shape index (κ2) is 4.10. The zero-order chi connectivity index (χ0) is 12.8. The van der Waals surface area contributed by atoms with Crippen molar-refractivity contribution in [2.24, 2.45) is 0 Å². The number of para-hydroxylation sites is 1. The summed E-state index contributed by atoms with van der Waals surface area (Å²) in [6.07, 6.45) is 3.29. The molecule has 0 saturated heterocycles. The third kappa shape index (κ3) is 1.83. The molecule has 0 aliphatic heterocycles. The molecular weight excluding hydrogens is 298 g/mol. The van der Waals surface area contributed by atoms with Gasteiger partial charge >= 0.3 is 0 Å². The van der Waals surface area contributed by atoms with E-state index in [4.69, 9.17) is 0 Å². The van der Waals surface area contributed by atoms with Crippen molar-refractivity contribution < 1.29 is 0 Å². The van der Waals surface area contributed by atoms with Crippen LogP contribution in [0.25, 0.3) is 22.6 Å². The molecule has 19 heavy (non-hydrogen) atoms. The molecule has 0 unspecified atom stereocenters. The van der Waals surface area contributed by atoms with Crippen LogP contribution in [0.2, 0.25) is 0 Å². The second-order valence-corrected chi connectivity index (χ2v) is 5.88. The molecule has 1 N–H and O–H groups in total. The number of benzene rings is 2. The van der Waals surface area contributed by atoms with Gasteiger partial charge in [0.05, 0.1) is 0 Å². The SMILES string of the molecule is Brc1ccc2c(c1)CC(c1cc3ccccc3[nH]1)=C2. The highest BCUT2D eigenvalue weighted by Gasteiger charge is 2.15. The van der Waals surface area contributed by atoms with E-state index in [2.05, 4.69) is 75.5 Å². The van der Waals surface area contributed by atoms with Crippen LogP contribution < -0.4 is 0 Å². The maximum Gasteiger partial charge on any atom is 0.0458 e. The first-order valence-corrected chi connectivity index (χ1v) is 7.16. The number of aromatic amines is 1. The number of aromatic nitrogens is 1. The molecular formula is C17H12BrN. The topological polar surface area (TPSA) is 15.8 Å². The number of halogens is 1. The molecule has 0 radical (unpaired) electrons. The molecule has 3 aromatic rings. The standard InChI is InChI=1S/C17H12BrN/c18-15-6-5-11-7-14(8-13(11)9-15)17-10-12-3-1-2-4-16(12)19-17/h1-7,9-10,19H,8H2. The van der Waals surface area contributed by atoms with Gasteiger partial charge in [0.1, 0.15) is 0 Å². The van der Waals surface area contributed by atoms with Crippen molar-refractivity contribution in [3.05, 3.63) is 69.8 Å². The fourth-order valence-electron chi connectivity index (χ4n) is 2.73. The first kappa shape index (κ1) is 11.1. The highest BCUT2D eigenvalue weighted by molar-refractivity contribution is 9.10. The molecule has 0 saturated carbocycles. The summed E-state index contributed by atoms with van der Waals surface area (Å²) in [5.41, 5.74) is 6.52. The fourth-order valence-corrected chi connectivity index (χ4v) is 3.14. The van der Waals surface area contributed by atoms with E-state index in [0.717, 1.165) is 10.9 Å². The summed E-state index contributed by atoms with van der Waals surface area (Å²) in [6, 6.07) is 17.1. The van der Waals surface area contributed by atoms with Crippen molar-refractivity contribution in [3.8, 4) is 0 Å². The molecule has 92 valence electrons. The highest BCUT2D eigenvalue weighted by Crippen LogP contribution is 2.33. The Hall–Kier alpha value is -1.80. The normalized spacial score (nSPS) is 13.6. The molecule has 1 heterocycles. The van der Waals surface area contributed by atoms with Gasteiger partial charge in [0.2, 0.25) is 0 Å². The van der Waals surface area contributed by atoms with Gasteiger partial charge in [-0.15, -0.1) is 0 Å². The summed E-state index contributed by atoms with van der Waals surface area (Å²) in [6.45, 7) is 0. The first-order valence-electron chi connectivity index (χ1n) is 6.37. The predicted octanol–water partition coefficient (Wildman–Crippen LogP) is 5.03. The number of hydrogen-bond donors (Lipinski definition) is 1. The summed E-state index contributed by atoms with van der Waals surface area (Å²) in [5.74, 6) is 0. The van der Waals surface area contributed by atoms with Gasteiger partial charge in [0, 0.05) is 22.1 Å². The zero-order valence-electron chi connectivity index (χ0n) is 10.3. The van der Waals surface area contributed by atoms with Crippen molar-refractivity contribution >= 4 is 38.5 Å². The molecule has 0 fully saturated rings. The van der Waals surface area contributed by atoms with Crippen LogP contribution in [0.5, 0.6) is 0 Å². The molecule has 0 atom stereocenters. The van der Waals surface area contributed by atoms with Crippen LogP contribution in [0.4, 0.5) is 0 Å². The van der Waals surface area contributed by atoms with E-state index < -0.39 is 0 Å². The van der Waals surface area contributed by atoms with Crippen molar-refractivity contribution in [1.82, 2.24) is 4.98 Å². The lowest BCUT2D eigenvalue weighted by Crippen LogP contribution is -1.85. The van der Waals surface area contributed by atoms with Crippen LogP contribution in [0, 0.1) is 0 Å². The monoisotopic (exact) mass is 309 g/mol. The third-order valence-corrected chi connectivity index (χ3v) is 4.18. The molecule has 0 bridgehead atoms. The zero-order valence-corrected chi connectivity index (χ0v) is 11.9. The lowest BCUT2D eigenvalue weighted by atomic mass is 10.1. The van der Waals surface area contributed by atoms with Gasteiger partial charge in [-0.3, -0.25) is 0 Å². The van der Waals surface area contributed by atoms with E-state index in [0.29, 0.717) is 0 Å². The van der Waals surface area contributed by atoms with Crippen LogP contribution in [0.15, 0.2) is 53.0 Å². The van der Waals surface area contributed by atoms with E-state index in [1.807, 2.05) is 0 Å². The number of nitrogens with one attached hydrogen (secondary N) is 1. The number of hydrogen-bond acceptors (Lipinski definition) is 0. The van der Waals surface area contributed by atoms with Crippen LogP contribution in [0.3, 0.4) is 0 Å². The van der Waals surface area contributed by atoms with Crippen molar-refractivity contribution in [2.45, 2.75) is 6.42 Å². The summed E-state index contributed by atoms with van der Waals surface area (Å²) in [5, 5.41) is 1.27. The molecule has 0 amide bonds. The Bertz CT molecular complexity index is 778. The minimum atomic E-state index is 1.00. The molecule has 0 spiro atoms. The second-order valence-electron chi connectivity index (χ2n) is 4.96. The number of allylic oxidation sites excluding steroid dienone is 1. The maximum atomic E-state index is 3.54. The molecule has 1 aliphatic carbocycles. The Morgan fingerprint density at radius 3 is 2.79 bits per heavy atom. The quantitative estimate of drug-likeness (QED) is 0.649. The van der Waals surface area contributed by atoms with Gasteiger partial charge in [-0.05, 0) is 52.4 Å². The Kier molecular flexibility index (Phi) is 2.39. The van der Waals surface area contributed by atoms with Crippen molar-refractivity contribution in [2.75, 3.05) is 0 Å². The third-order valence-electron chi connectivity index (χ3n) is 3.69. The summed E-state index contributed by atoms with van der Waals surface area (Å²) >= 11 is 3.54. The minimum Gasteiger partial charge on any atom is -0.355 e. The van der Waals surface area contributed by atoms with Gasteiger partial charge in [0.15, 0.2) is 0 Å². The van der Waals surface area contributed by atoms with E-state index in [1.165, 1.54) is 33.3 Å². The molecule has 1 aromatic heterocycles. The lowest BCUT2D eigenvalue weighted by molar-refractivity contribution is 1.27. The Morgan fingerprint density at radius 2 is 1.89 bits per heavy atom. The molecule has 2 aromatic carbocycles. The Morgan fingerprint density at radius 1 is 1.00 bits per heavy atom. The maximum absolute atomic E-state index is 3.54. The largest absolute Gasteiger partial charge is 0.355 e. The van der Waals surface area contributed by atoms with E-state index in [1.54, 1.807) is 0 Å². The molecule has 4 rings (SSSR count). The first-order chi connectivity index (χ1) is 9.29. The van der Waals surface area contributed by atoms with Crippen LogP contribution in [-0.4, -0.2) is 4.98 Å². The number of H-pyrrole nitrogens is 1. The summed E-state index contributed by atoms with van der Waals surface area (Å²) in [4.78, 5) is 3.51. The highest BCUT2D eigenvalue weighted by atomic mass is 79.9. The average Bonchev–Trinajstić information content (AvgIpc) is 3.00. The minimum absolute atomic E-state index is 1.00.